The molecule has 4 rings (SSSR count). The van der Waals surface area contributed by atoms with Gasteiger partial charge in [0.25, 0.3) is 5.91 Å². The van der Waals surface area contributed by atoms with Gasteiger partial charge >= 0.3 is 0 Å². The van der Waals surface area contributed by atoms with Crippen LogP contribution in [0.15, 0.2) is 53.7 Å². The first kappa shape index (κ1) is 18.5. The molecular weight excluding hydrogens is 374 g/mol. The van der Waals surface area contributed by atoms with E-state index in [9.17, 15) is 4.79 Å². The maximum absolute atomic E-state index is 12.9. The van der Waals surface area contributed by atoms with E-state index in [0.717, 1.165) is 26.9 Å². The number of nitrogens with one attached hydrogen (secondary N) is 1. The van der Waals surface area contributed by atoms with Crippen LogP contribution in [0, 0.1) is 0 Å². The Kier molecular flexibility index (Phi) is 5.27. The normalized spacial score (nSPS) is 12.1. The van der Waals surface area contributed by atoms with Gasteiger partial charge in [-0.2, -0.15) is 4.99 Å². The number of H-pyrrole nitrogens is 1. The zero-order valence-electron chi connectivity index (χ0n) is 15.8. The summed E-state index contributed by atoms with van der Waals surface area (Å²) in [7, 11) is 1.64. The molecule has 2 heterocycles. The second-order valence-corrected chi connectivity index (χ2v) is 7.24. The predicted octanol–water partition coefficient (Wildman–Crippen LogP) is 3.97. The van der Waals surface area contributed by atoms with Gasteiger partial charge in [-0.15, -0.1) is 0 Å². The number of rotatable bonds is 6. The summed E-state index contributed by atoms with van der Waals surface area (Å²) >= 11 is 1.47. The molecule has 0 atom stereocenters. The van der Waals surface area contributed by atoms with Crippen molar-refractivity contribution in [2.24, 2.45) is 4.99 Å². The standard InChI is InChI=1S/C21H21N3O3S/c1-3-27-11-10-24-18-9-8-14(26-2)12-19(18)28-21(24)23-20(25)16-13-22-17-7-5-4-6-15(16)17/h4-9,12-13,22H,3,10-11H2,1-2H3. The van der Waals surface area contributed by atoms with Gasteiger partial charge in [-0.05, 0) is 31.2 Å². The smallest absolute Gasteiger partial charge is 0.281 e. The van der Waals surface area contributed by atoms with Crippen molar-refractivity contribution in [1.82, 2.24) is 9.55 Å². The number of carbonyl (C=O) groups excluding carboxylic acids is 1. The van der Waals surface area contributed by atoms with Crippen molar-refractivity contribution >= 4 is 38.4 Å². The molecule has 0 bridgehead atoms. The van der Waals surface area contributed by atoms with Crippen LogP contribution in [0.4, 0.5) is 0 Å². The van der Waals surface area contributed by atoms with Crippen molar-refractivity contribution in [1.29, 1.82) is 0 Å². The summed E-state index contributed by atoms with van der Waals surface area (Å²) in [6.45, 7) is 3.80. The van der Waals surface area contributed by atoms with Crippen molar-refractivity contribution in [3.05, 3.63) is 59.0 Å². The zero-order chi connectivity index (χ0) is 19.5. The molecule has 6 nitrogen and oxygen atoms in total. The van der Waals surface area contributed by atoms with Crippen molar-refractivity contribution in [3.63, 3.8) is 0 Å². The number of methoxy groups -OCH3 is 1. The number of benzene rings is 2. The summed E-state index contributed by atoms with van der Waals surface area (Å²) in [5, 5.41) is 0.875. The predicted molar refractivity (Wildman–Crippen MR) is 111 cm³/mol. The third-order valence-electron chi connectivity index (χ3n) is 4.57. The number of aromatic nitrogens is 2. The highest BCUT2D eigenvalue weighted by Crippen LogP contribution is 2.24. The number of fused-ring (bicyclic) bond motifs is 2. The van der Waals surface area contributed by atoms with Gasteiger partial charge in [0, 0.05) is 30.3 Å². The highest BCUT2D eigenvalue weighted by molar-refractivity contribution is 7.16. The van der Waals surface area contributed by atoms with E-state index in [1.807, 2.05) is 54.0 Å². The van der Waals surface area contributed by atoms with E-state index in [1.165, 1.54) is 11.3 Å². The molecule has 2 aromatic heterocycles. The number of carbonyl (C=O) groups is 1. The van der Waals surface area contributed by atoms with Gasteiger partial charge < -0.3 is 19.0 Å². The lowest BCUT2D eigenvalue weighted by atomic mass is 10.2. The molecule has 0 aliphatic heterocycles. The molecule has 0 spiro atoms. The Labute approximate surface area is 166 Å². The van der Waals surface area contributed by atoms with Crippen LogP contribution in [0.5, 0.6) is 5.75 Å². The second-order valence-electron chi connectivity index (χ2n) is 6.23. The maximum Gasteiger partial charge on any atom is 0.281 e. The van der Waals surface area contributed by atoms with Crippen LogP contribution in [0.2, 0.25) is 0 Å². The van der Waals surface area contributed by atoms with Crippen LogP contribution >= 0.6 is 11.3 Å². The van der Waals surface area contributed by atoms with Crippen LogP contribution in [-0.4, -0.2) is 35.8 Å². The molecular formula is C21H21N3O3S. The number of aromatic amines is 1. The fraction of sp³-hybridized carbons (Fsp3) is 0.238. The van der Waals surface area contributed by atoms with E-state index in [0.29, 0.717) is 30.1 Å². The van der Waals surface area contributed by atoms with Gasteiger partial charge in [-0.25, -0.2) is 0 Å². The average molecular weight is 395 g/mol. The summed E-state index contributed by atoms with van der Waals surface area (Å²) in [6, 6.07) is 13.6. The minimum atomic E-state index is -0.263. The van der Waals surface area contributed by atoms with Crippen molar-refractivity contribution < 1.29 is 14.3 Å². The van der Waals surface area contributed by atoms with E-state index in [4.69, 9.17) is 9.47 Å². The molecule has 28 heavy (non-hydrogen) atoms. The summed E-state index contributed by atoms with van der Waals surface area (Å²) < 4.78 is 13.9. The molecule has 2 aromatic carbocycles. The topological polar surface area (TPSA) is 68.6 Å². The fourth-order valence-corrected chi connectivity index (χ4v) is 4.26. The Balaban J connectivity index is 1.81. The molecule has 144 valence electrons. The first-order valence-corrected chi connectivity index (χ1v) is 9.93. The van der Waals surface area contributed by atoms with Crippen molar-refractivity contribution in [3.8, 4) is 5.75 Å². The lowest BCUT2D eigenvalue weighted by Crippen LogP contribution is -2.19. The Morgan fingerprint density at radius 1 is 1.25 bits per heavy atom. The zero-order valence-corrected chi connectivity index (χ0v) is 16.6. The van der Waals surface area contributed by atoms with Crippen LogP contribution in [-0.2, 0) is 11.3 Å². The van der Waals surface area contributed by atoms with Gasteiger partial charge in [0.15, 0.2) is 4.80 Å². The van der Waals surface area contributed by atoms with E-state index < -0.39 is 0 Å². The van der Waals surface area contributed by atoms with E-state index in [1.54, 1.807) is 13.3 Å². The molecule has 0 aliphatic carbocycles. The summed E-state index contributed by atoms with van der Waals surface area (Å²) in [6.07, 6.45) is 1.72. The molecule has 7 heteroatoms. The van der Waals surface area contributed by atoms with Crippen LogP contribution in [0.1, 0.15) is 17.3 Å². The SMILES string of the molecule is CCOCCn1c(=NC(=O)c2c[nH]c3ccccc23)sc2cc(OC)ccc21. The van der Waals surface area contributed by atoms with E-state index in [-0.39, 0.29) is 5.91 Å². The first-order chi connectivity index (χ1) is 13.7. The molecule has 1 amide bonds. The summed E-state index contributed by atoms with van der Waals surface area (Å²) in [5.41, 5.74) is 2.50. The van der Waals surface area contributed by atoms with Gasteiger partial charge in [-0.3, -0.25) is 4.79 Å². The highest BCUT2D eigenvalue weighted by Gasteiger charge is 2.13. The minimum Gasteiger partial charge on any atom is -0.497 e. The second kappa shape index (κ2) is 8.00. The number of amides is 1. The quantitative estimate of drug-likeness (QED) is 0.502. The minimum absolute atomic E-state index is 0.263. The number of hydrogen-bond acceptors (Lipinski definition) is 4. The lowest BCUT2D eigenvalue weighted by Gasteiger charge is -2.06. The molecule has 4 aromatic rings. The monoisotopic (exact) mass is 395 g/mol. The number of hydrogen-bond donors (Lipinski definition) is 1. The summed E-state index contributed by atoms with van der Waals surface area (Å²) in [4.78, 5) is 21.2. The number of thiazole rings is 1. The van der Waals surface area contributed by atoms with Crippen molar-refractivity contribution in [2.45, 2.75) is 13.5 Å². The molecule has 0 aliphatic rings. The van der Waals surface area contributed by atoms with Crippen LogP contribution in [0.25, 0.3) is 21.1 Å². The largest absolute Gasteiger partial charge is 0.497 e. The van der Waals surface area contributed by atoms with Crippen LogP contribution in [0.3, 0.4) is 0 Å². The number of para-hydroxylation sites is 1. The Bertz CT molecular complexity index is 1200. The molecule has 0 unspecified atom stereocenters. The third-order valence-corrected chi connectivity index (χ3v) is 5.61. The first-order valence-electron chi connectivity index (χ1n) is 9.11. The van der Waals surface area contributed by atoms with Crippen LogP contribution < -0.4 is 9.54 Å². The molecule has 0 radical (unpaired) electrons. The number of nitrogens with zero attached hydrogens (tertiary/aromatic N) is 2. The molecule has 1 N–H and O–H groups in total. The summed E-state index contributed by atoms with van der Waals surface area (Å²) in [5.74, 6) is 0.515. The Morgan fingerprint density at radius 3 is 2.93 bits per heavy atom. The van der Waals surface area contributed by atoms with Crippen molar-refractivity contribution in [2.75, 3.05) is 20.3 Å². The lowest BCUT2D eigenvalue weighted by molar-refractivity contribution is 0.0998. The number of ether oxygens (including phenoxy) is 2. The van der Waals surface area contributed by atoms with Gasteiger partial charge in [0.2, 0.25) is 0 Å². The average Bonchev–Trinajstić information content (AvgIpc) is 3.29. The highest BCUT2D eigenvalue weighted by atomic mass is 32.1. The van der Waals surface area contributed by atoms with E-state index in [2.05, 4.69) is 9.98 Å². The molecule has 0 saturated carbocycles. The van der Waals surface area contributed by atoms with Gasteiger partial charge in [-0.1, -0.05) is 29.5 Å². The molecule has 0 fully saturated rings. The van der Waals surface area contributed by atoms with Gasteiger partial charge in [0.05, 0.1) is 29.5 Å². The fourth-order valence-electron chi connectivity index (χ4n) is 3.18. The van der Waals surface area contributed by atoms with E-state index >= 15 is 0 Å². The Hall–Kier alpha value is -2.90. The molecule has 0 saturated heterocycles. The maximum atomic E-state index is 12.9. The third kappa shape index (κ3) is 3.46. The van der Waals surface area contributed by atoms with Gasteiger partial charge in [0.1, 0.15) is 5.75 Å². The Morgan fingerprint density at radius 2 is 2.11 bits per heavy atom.